The van der Waals surface area contributed by atoms with Crippen molar-refractivity contribution in [3.05, 3.63) is 40.3 Å². The fourth-order valence-corrected chi connectivity index (χ4v) is 2.22. The number of hydrogen-bond donors (Lipinski definition) is 0. The number of hydrogen-bond acceptors (Lipinski definition) is 2. The molecule has 0 saturated carbocycles. The van der Waals surface area contributed by atoms with Crippen molar-refractivity contribution in [1.29, 1.82) is 0 Å². The largest absolute Gasteiger partial charge is 0.265 e. The minimum absolute atomic E-state index is 1.26. The predicted molar refractivity (Wildman–Crippen MR) is 57.0 cm³/mol. The van der Waals surface area contributed by atoms with E-state index >= 15 is 0 Å². The van der Waals surface area contributed by atoms with Gasteiger partial charge in [-0.2, -0.15) is 0 Å². The first-order chi connectivity index (χ1) is 6.29. The van der Waals surface area contributed by atoms with E-state index in [1.54, 1.807) is 11.3 Å². The molecule has 0 fully saturated rings. The molecule has 0 N–H and O–H groups in total. The molecule has 0 spiro atoms. The van der Waals surface area contributed by atoms with E-state index in [2.05, 4.69) is 36.3 Å². The Balaban J connectivity index is 2.53. The fourth-order valence-electron chi connectivity index (χ4n) is 1.33. The molecule has 1 nitrogen and oxygen atoms in total. The Morgan fingerprint density at radius 3 is 2.38 bits per heavy atom. The highest BCUT2D eigenvalue weighted by atomic mass is 32.1. The normalized spacial score (nSPS) is 10.3. The summed E-state index contributed by atoms with van der Waals surface area (Å²) in [5.74, 6) is 0. The topological polar surface area (TPSA) is 12.9 Å². The first-order valence-electron chi connectivity index (χ1n) is 4.24. The summed E-state index contributed by atoms with van der Waals surface area (Å²) < 4.78 is 0. The van der Waals surface area contributed by atoms with Gasteiger partial charge in [-0.05, 0) is 48.1 Å². The summed E-state index contributed by atoms with van der Waals surface area (Å²) in [5.41, 5.74) is 3.98. The average molecular weight is 189 g/mol. The van der Waals surface area contributed by atoms with Gasteiger partial charge in [0, 0.05) is 17.3 Å². The molecule has 0 aliphatic rings. The third-order valence-corrected chi connectivity index (χ3v) is 3.29. The summed E-state index contributed by atoms with van der Waals surface area (Å²) in [7, 11) is 0. The van der Waals surface area contributed by atoms with Crippen LogP contribution in [0.25, 0.3) is 11.1 Å². The Labute approximate surface area is 82.1 Å². The smallest absolute Gasteiger partial charge is 0.0273 e. The van der Waals surface area contributed by atoms with Crippen LogP contribution in [0.15, 0.2) is 29.9 Å². The third kappa shape index (κ3) is 1.49. The molecule has 0 amide bonds. The molecule has 0 unspecified atom stereocenters. The van der Waals surface area contributed by atoms with Crippen molar-refractivity contribution in [1.82, 2.24) is 4.98 Å². The van der Waals surface area contributed by atoms with E-state index < -0.39 is 0 Å². The average Bonchev–Trinajstić information content (AvgIpc) is 2.49. The molecule has 0 saturated heterocycles. The molecule has 2 aromatic heterocycles. The van der Waals surface area contributed by atoms with E-state index in [1.165, 1.54) is 21.6 Å². The quantitative estimate of drug-likeness (QED) is 0.669. The molecule has 0 aliphatic heterocycles. The monoisotopic (exact) mass is 189 g/mol. The van der Waals surface area contributed by atoms with E-state index in [1.807, 2.05) is 12.4 Å². The van der Waals surface area contributed by atoms with Crippen molar-refractivity contribution in [2.45, 2.75) is 13.8 Å². The molecule has 13 heavy (non-hydrogen) atoms. The van der Waals surface area contributed by atoms with Crippen LogP contribution in [0.5, 0.6) is 0 Å². The zero-order valence-corrected chi connectivity index (χ0v) is 8.56. The van der Waals surface area contributed by atoms with Crippen LogP contribution in [-0.4, -0.2) is 4.98 Å². The van der Waals surface area contributed by atoms with Crippen LogP contribution in [0.2, 0.25) is 0 Å². The number of aryl methyl sites for hydroxylation is 1. The summed E-state index contributed by atoms with van der Waals surface area (Å²) in [6.07, 6.45) is 3.67. The van der Waals surface area contributed by atoms with Crippen molar-refractivity contribution in [3.8, 4) is 11.1 Å². The van der Waals surface area contributed by atoms with Crippen molar-refractivity contribution >= 4 is 11.3 Å². The van der Waals surface area contributed by atoms with Gasteiger partial charge in [0.15, 0.2) is 0 Å². The van der Waals surface area contributed by atoms with Gasteiger partial charge in [-0.3, -0.25) is 4.98 Å². The fraction of sp³-hybridized carbons (Fsp3) is 0.182. The molecule has 66 valence electrons. The van der Waals surface area contributed by atoms with Crippen LogP contribution < -0.4 is 0 Å². The number of aromatic nitrogens is 1. The molecule has 2 aromatic rings. The van der Waals surface area contributed by atoms with Gasteiger partial charge >= 0.3 is 0 Å². The van der Waals surface area contributed by atoms with Crippen LogP contribution in [0.3, 0.4) is 0 Å². The van der Waals surface area contributed by atoms with Crippen molar-refractivity contribution in [2.75, 3.05) is 0 Å². The minimum Gasteiger partial charge on any atom is -0.265 e. The summed E-state index contributed by atoms with van der Waals surface area (Å²) >= 11 is 1.81. The molecular weight excluding hydrogens is 178 g/mol. The first-order valence-corrected chi connectivity index (χ1v) is 5.12. The Morgan fingerprint density at radius 2 is 1.85 bits per heavy atom. The lowest BCUT2D eigenvalue weighted by Crippen LogP contribution is -1.78. The van der Waals surface area contributed by atoms with Crippen molar-refractivity contribution in [3.63, 3.8) is 0 Å². The highest BCUT2D eigenvalue weighted by Crippen LogP contribution is 2.29. The third-order valence-electron chi connectivity index (χ3n) is 2.28. The van der Waals surface area contributed by atoms with E-state index in [-0.39, 0.29) is 0 Å². The van der Waals surface area contributed by atoms with Gasteiger partial charge in [0.2, 0.25) is 0 Å². The second kappa shape index (κ2) is 3.30. The van der Waals surface area contributed by atoms with Gasteiger partial charge in [-0.15, -0.1) is 11.3 Å². The minimum atomic E-state index is 1.26. The highest BCUT2D eigenvalue weighted by molar-refractivity contribution is 7.10. The SMILES string of the molecule is Cc1scc(-c2ccncc2)c1C. The van der Waals surface area contributed by atoms with Gasteiger partial charge in [0.25, 0.3) is 0 Å². The van der Waals surface area contributed by atoms with E-state index in [0.717, 1.165) is 0 Å². The maximum absolute atomic E-state index is 4.01. The maximum atomic E-state index is 4.01. The molecule has 2 heteroatoms. The van der Waals surface area contributed by atoms with Crippen LogP contribution in [0.1, 0.15) is 10.4 Å². The zero-order chi connectivity index (χ0) is 9.26. The number of rotatable bonds is 1. The number of pyridine rings is 1. The second-order valence-electron chi connectivity index (χ2n) is 3.07. The van der Waals surface area contributed by atoms with E-state index in [4.69, 9.17) is 0 Å². The van der Waals surface area contributed by atoms with Crippen molar-refractivity contribution in [2.24, 2.45) is 0 Å². The molecule has 0 atom stereocenters. The molecular formula is C11H11NS. The molecule has 2 heterocycles. The Morgan fingerprint density at radius 1 is 1.15 bits per heavy atom. The van der Waals surface area contributed by atoms with Gasteiger partial charge in [0.05, 0.1) is 0 Å². The van der Waals surface area contributed by atoms with Crippen molar-refractivity contribution < 1.29 is 0 Å². The second-order valence-corrected chi connectivity index (χ2v) is 4.15. The molecule has 0 aliphatic carbocycles. The molecule has 2 rings (SSSR count). The van der Waals surface area contributed by atoms with E-state index in [9.17, 15) is 0 Å². The van der Waals surface area contributed by atoms with Crippen LogP contribution in [0, 0.1) is 13.8 Å². The Bertz CT molecular complexity index is 403. The maximum Gasteiger partial charge on any atom is 0.0273 e. The predicted octanol–water partition coefficient (Wildman–Crippen LogP) is 3.43. The lowest BCUT2D eigenvalue weighted by atomic mass is 10.1. The van der Waals surface area contributed by atoms with Crippen LogP contribution >= 0.6 is 11.3 Å². The summed E-state index contributed by atoms with van der Waals surface area (Å²) in [4.78, 5) is 5.41. The molecule has 0 bridgehead atoms. The summed E-state index contributed by atoms with van der Waals surface area (Å²) in [6, 6.07) is 4.10. The van der Waals surface area contributed by atoms with Gasteiger partial charge in [-0.1, -0.05) is 0 Å². The standard InChI is InChI=1S/C11H11NS/c1-8-9(2)13-7-11(8)10-3-5-12-6-4-10/h3-7H,1-2H3. The summed E-state index contributed by atoms with van der Waals surface area (Å²) in [5, 5.41) is 2.21. The zero-order valence-electron chi connectivity index (χ0n) is 7.74. The lowest BCUT2D eigenvalue weighted by molar-refractivity contribution is 1.32. The van der Waals surface area contributed by atoms with E-state index in [0.29, 0.717) is 0 Å². The number of thiophene rings is 1. The Kier molecular flexibility index (Phi) is 2.15. The highest BCUT2D eigenvalue weighted by Gasteiger charge is 2.04. The lowest BCUT2D eigenvalue weighted by Gasteiger charge is -1.98. The Hall–Kier alpha value is -1.15. The molecule has 0 aromatic carbocycles. The first kappa shape index (κ1) is 8.45. The van der Waals surface area contributed by atoms with Gasteiger partial charge in [0.1, 0.15) is 0 Å². The van der Waals surface area contributed by atoms with Crippen LogP contribution in [-0.2, 0) is 0 Å². The summed E-state index contributed by atoms with van der Waals surface area (Å²) in [6.45, 7) is 4.33. The van der Waals surface area contributed by atoms with Crippen LogP contribution in [0.4, 0.5) is 0 Å². The van der Waals surface area contributed by atoms with Gasteiger partial charge in [-0.25, -0.2) is 0 Å². The number of nitrogens with zero attached hydrogens (tertiary/aromatic N) is 1. The molecule has 0 radical (unpaired) electrons. The van der Waals surface area contributed by atoms with Gasteiger partial charge < -0.3 is 0 Å².